The lowest BCUT2D eigenvalue weighted by atomic mass is 9.94. The van der Waals surface area contributed by atoms with Crippen molar-refractivity contribution in [2.75, 3.05) is 13.1 Å². The van der Waals surface area contributed by atoms with Gasteiger partial charge in [-0.25, -0.2) is 0 Å². The Bertz CT molecular complexity index is 467. The van der Waals surface area contributed by atoms with Gasteiger partial charge in [-0.2, -0.15) is 0 Å². The molecule has 1 unspecified atom stereocenters. The molecular weight excluding hydrogens is 330 g/mol. The van der Waals surface area contributed by atoms with Crippen molar-refractivity contribution in [2.45, 2.75) is 25.8 Å². The van der Waals surface area contributed by atoms with Gasteiger partial charge in [0.15, 0.2) is 0 Å². The molecule has 0 aliphatic carbocycles. The van der Waals surface area contributed by atoms with Crippen molar-refractivity contribution in [3.8, 4) is 0 Å². The van der Waals surface area contributed by atoms with Crippen molar-refractivity contribution in [2.24, 2.45) is 5.92 Å². The molecule has 1 saturated heterocycles. The molecule has 1 heterocycles. The number of nitrogens with zero attached hydrogens (tertiary/aromatic N) is 1. The topological polar surface area (TPSA) is 40.5 Å². The van der Waals surface area contributed by atoms with E-state index in [1.54, 1.807) is 0 Å². The minimum Gasteiger partial charge on any atom is -0.481 e. The minimum atomic E-state index is -0.696. The number of carbonyl (C=O) groups is 1. The maximum Gasteiger partial charge on any atom is 0.303 e. The number of carboxylic acid groups (broad SMARTS) is 1. The summed E-state index contributed by atoms with van der Waals surface area (Å²) in [5.41, 5.74) is 1.17. The lowest BCUT2D eigenvalue weighted by Crippen LogP contribution is -2.35. The molecule has 1 aromatic rings. The first-order valence-corrected chi connectivity index (χ1v) is 7.60. The van der Waals surface area contributed by atoms with E-state index in [0.717, 1.165) is 42.0 Å². The molecule has 1 aliphatic heterocycles. The van der Waals surface area contributed by atoms with Gasteiger partial charge in [0.1, 0.15) is 0 Å². The maximum atomic E-state index is 10.8. The summed E-state index contributed by atoms with van der Waals surface area (Å²) in [6, 6.07) is 5.97. The summed E-state index contributed by atoms with van der Waals surface area (Å²) in [6.07, 6.45) is 2.36. The van der Waals surface area contributed by atoms with Gasteiger partial charge in [0.05, 0.1) is 5.02 Å². The van der Waals surface area contributed by atoms with E-state index in [1.165, 1.54) is 5.56 Å². The second-order valence-electron chi connectivity index (χ2n) is 5.09. The second-order valence-corrected chi connectivity index (χ2v) is 6.35. The quantitative estimate of drug-likeness (QED) is 0.902. The molecule has 0 amide bonds. The fourth-order valence-corrected chi connectivity index (χ4v) is 3.05. The predicted molar refractivity (Wildman–Crippen MR) is 79.4 cm³/mol. The molecule has 19 heavy (non-hydrogen) atoms. The van der Waals surface area contributed by atoms with Crippen LogP contribution in [0.1, 0.15) is 24.8 Å². The zero-order valence-electron chi connectivity index (χ0n) is 10.6. The van der Waals surface area contributed by atoms with E-state index >= 15 is 0 Å². The van der Waals surface area contributed by atoms with Gasteiger partial charge < -0.3 is 5.11 Å². The molecule has 5 heteroatoms. The van der Waals surface area contributed by atoms with Crippen molar-refractivity contribution >= 4 is 33.5 Å². The van der Waals surface area contributed by atoms with Gasteiger partial charge in [-0.1, -0.05) is 17.7 Å². The van der Waals surface area contributed by atoms with Crippen LogP contribution >= 0.6 is 27.5 Å². The number of rotatable bonds is 4. The molecule has 0 saturated carbocycles. The number of likely N-dealkylation sites (tertiary alicyclic amines) is 1. The number of aliphatic carboxylic acids is 1. The van der Waals surface area contributed by atoms with Crippen LogP contribution in [0.5, 0.6) is 0 Å². The first-order chi connectivity index (χ1) is 9.04. The van der Waals surface area contributed by atoms with E-state index in [9.17, 15) is 4.79 Å². The van der Waals surface area contributed by atoms with E-state index < -0.39 is 5.97 Å². The van der Waals surface area contributed by atoms with Gasteiger partial charge in [0, 0.05) is 24.0 Å². The van der Waals surface area contributed by atoms with Crippen molar-refractivity contribution in [3.63, 3.8) is 0 Å². The van der Waals surface area contributed by atoms with Crippen LogP contribution in [0.3, 0.4) is 0 Å². The Morgan fingerprint density at radius 3 is 3.00 bits per heavy atom. The van der Waals surface area contributed by atoms with E-state index in [1.807, 2.05) is 12.1 Å². The van der Waals surface area contributed by atoms with Crippen molar-refractivity contribution in [3.05, 3.63) is 33.3 Å². The molecular formula is C14H17BrClNO2. The van der Waals surface area contributed by atoms with Crippen LogP contribution in [0.4, 0.5) is 0 Å². The fraction of sp³-hybridized carbons (Fsp3) is 0.500. The SMILES string of the molecule is O=C(O)CC1CCCN(Cc2ccc(Br)c(Cl)c2)C1. The maximum absolute atomic E-state index is 10.8. The molecule has 3 nitrogen and oxygen atoms in total. The number of hydrogen-bond donors (Lipinski definition) is 1. The van der Waals surface area contributed by atoms with Gasteiger partial charge in [0.25, 0.3) is 0 Å². The Morgan fingerprint density at radius 2 is 2.32 bits per heavy atom. The first-order valence-electron chi connectivity index (χ1n) is 6.42. The van der Waals surface area contributed by atoms with Crippen molar-refractivity contribution < 1.29 is 9.90 Å². The minimum absolute atomic E-state index is 0.275. The Hall–Kier alpha value is -0.580. The fourth-order valence-electron chi connectivity index (χ4n) is 2.60. The molecule has 0 aromatic heterocycles. The number of piperidine rings is 1. The summed E-state index contributed by atoms with van der Waals surface area (Å²) >= 11 is 9.47. The summed E-state index contributed by atoms with van der Waals surface area (Å²) in [7, 11) is 0. The highest BCUT2D eigenvalue weighted by atomic mass is 79.9. The predicted octanol–water partition coefficient (Wildman–Crippen LogP) is 3.79. The van der Waals surface area contributed by atoms with Gasteiger partial charge in [-0.15, -0.1) is 0 Å². The second kappa shape index (κ2) is 6.73. The van der Waals surface area contributed by atoms with Crippen LogP contribution < -0.4 is 0 Å². The van der Waals surface area contributed by atoms with Crippen LogP contribution in [-0.2, 0) is 11.3 Å². The monoisotopic (exact) mass is 345 g/mol. The van der Waals surface area contributed by atoms with Gasteiger partial charge in [-0.3, -0.25) is 9.69 Å². The van der Waals surface area contributed by atoms with Crippen LogP contribution in [0.15, 0.2) is 22.7 Å². The Balaban J connectivity index is 1.94. The summed E-state index contributed by atoms with van der Waals surface area (Å²) in [5, 5.41) is 9.59. The Kier molecular flexibility index (Phi) is 5.25. The highest BCUT2D eigenvalue weighted by molar-refractivity contribution is 9.10. The summed E-state index contributed by atoms with van der Waals surface area (Å²) < 4.78 is 0.903. The third-order valence-electron chi connectivity index (χ3n) is 3.46. The largest absolute Gasteiger partial charge is 0.481 e. The molecule has 0 spiro atoms. The lowest BCUT2D eigenvalue weighted by molar-refractivity contribution is -0.138. The highest BCUT2D eigenvalue weighted by Gasteiger charge is 2.22. The van der Waals surface area contributed by atoms with E-state index in [-0.39, 0.29) is 12.3 Å². The molecule has 104 valence electrons. The third kappa shape index (κ3) is 4.48. The lowest BCUT2D eigenvalue weighted by Gasteiger charge is -2.32. The molecule has 1 aliphatic rings. The van der Waals surface area contributed by atoms with Crippen LogP contribution in [-0.4, -0.2) is 29.1 Å². The standard InChI is InChI=1S/C14H17BrClNO2/c15-12-4-3-11(6-13(12)16)9-17-5-1-2-10(8-17)7-14(18)19/h3-4,6,10H,1-2,5,7-9H2,(H,18,19). The molecule has 1 N–H and O–H groups in total. The van der Waals surface area contributed by atoms with Gasteiger partial charge in [0.2, 0.25) is 0 Å². The normalized spacial score (nSPS) is 20.4. The van der Waals surface area contributed by atoms with Crippen molar-refractivity contribution in [1.82, 2.24) is 4.90 Å². The Morgan fingerprint density at radius 1 is 1.53 bits per heavy atom. The summed E-state index contributed by atoms with van der Waals surface area (Å²) in [5.74, 6) is -0.421. The van der Waals surface area contributed by atoms with Crippen LogP contribution in [0.25, 0.3) is 0 Å². The zero-order chi connectivity index (χ0) is 13.8. The molecule has 1 aromatic carbocycles. The van der Waals surface area contributed by atoms with Gasteiger partial charge >= 0.3 is 5.97 Å². The third-order valence-corrected chi connectivity index (χ3v) is 4.69. The molecule has 2 rings (SSSR count). The van der Waals surface area contributed by atoms with Crippen LogP contribution in [0, 0.1) is 5.92 Å². The number of halogens is 2. The number of benzene rings is 1. The van der Waals surface area contributed by atoms with E-state index in [4.69, 9.17) is 16.7 Å². The van der Waals surface area contributed by atoms with E-state index in [2.05, 4.69) is 26.9 Å². The van der Waals surface area contributed by atoms with Gasteiger partial charge in [-0.05, 0) is 58.9 Å². The zero-order valence-corrected chi connectivity index (χ0v) is 13.0. The molecule has 1 atom stereocenters. The van der Waals surface area contributed by atoms with Crippen LogP contribution in [0.2, 0.25) is 5.02 Å². The average molecular weight is 347 g/mol. The number of hydrogen-bond acceptors (Lipinski definition) is 2. The van der Waals surface area contributed by atoms with E-state index in [0.29, 0.717) is 0 Å². The average Bonchev–Trinajstić information content (AvgIpc) is 2.33. The highest BCUT2D eigenvalue weighted by Crippen LogP contribution is 2.25. The Labute approximate surface area is 126 Å². The molecule has 1 fully saturated rings. The first kappa shape index (κ1) is 14.8. The molecule has 0 radical (unpaired) electrons. The molecule has 0 bridgehead atoms. The number of carboxylic acids is 1. The van der Waals surface area contributed by atoms with Crippen molar-refractivity contribution in [1.29, 1.82) is 0 Å². The summed E-state index contributed by atoms with van der Waals surface area (Å²) in [4.78, 5) is 13.1. The summed E-state index contributed by atoms with van der Waals surface area (Å²) in [6.45, 7) is 2.73. The smallest absolute Gasteiger partial charge is 0.303 e.